The Morgan fingerprint density at radius 3 is 2.76 bits per heavy atom. The second kappa shape index (κ2) is 10.9. The second-order valence-corrected chi connectivity index (χ2v) is 10.4. The van der Waals surface area contributed by atoms with Crippen LogP contribution in [0.15, 0.2) is 37.0 Å². The number of hydrogen-bond acceptors (Lipinski definition) is 7. The molecule has 3 aromatic rings. The van der Waals surface area contributed by atoms with Gasteiger partial charge in [-0.05, 0) is 37.0 Å². The first-order chi connectivity index (χ1) is 18.4. The quantitative estimate of drug-likeness (QED) is 0.430. The minimum atomic E-state index is 0.0397. The maximum atomic E-state index is 12.9. The first-order valence-corrected chi connectivity index (χ1v) is 13.3. The van der Waals surface area contributed by atoms with Gasteiger partial charge in [-0.3, -0.25) is 9.78 Å². The summed E-state index contributed by atoms with van der Waals surface area (Å²) in [5.74, 6) is 1.47. The van der Waals surface area contributed by atoms with E-state index in [4.69, 9.17) is 14.7 Å². The maximum absolute atomic E-state index is 12.9. The number of nitriles is 1. The second-order valence-electron chi connectivity index (χ2n) is 10.4. The zero-order valence-corrected chi connectivity index (χ0v) is 22.4. The van der Waals surface area contributed by atoms with Crippen LogP contribution in [0.4, 0.5) is 5.82 Å². The van der Waals surface area contributed by atoms with Crippen molar-refractivity contribution in [2.75, 3.05) is 38.3 Å². The van der Waals surface area contributed by atoms with Gasteiger partial charge in [0.15, 0.2) is 0 Å². The van der Waals surface area contributed by atoms with Crippen molar-refractivity contribution in [3.8, 4) is 17.2 Å². The number of fused-ring (bicyclic) bond motifs is 1. The highest BCUT2D eigenvalue weighted by atomic mass is 16.5. The topological polar surface area (TPSA) is 95.2 Å². The van der Waals surface area contributed by atoms with Crippen LogP contribution in [0.2, 0.25) is 0 Å². The molecule has 8 heteroatoms. The van der Waals surface area contributed by atoms with Crippen molar-refractivity contribution in [3.05, 3.63) is 54.0 Å². The first kappa shape index (κ1) is 25.8. The van der Waals surface area contributed by atoms with Crippen molar-refractivity contribution < 1.29 is 9.53 Å². The fourth-order valence-electron chi connectivity index (χ4n) is 5.31. The molecule has 1 aromatic carbocycles. The van der Waals surface area contributed by atoms with Gasteiger partial charge < -0.3 is 14.5 Å². The SMILES string of the molecule is C=Cc1cnc2c(-c3cc(C#N)c(N4CCN(C(=O)CCOC)[C@H](C(C)C)C4)nc3C3CC3)cccc2n1. The van der Waals surface area contributed by atoms with Crippen molar-refractivity contribution in [3.63, 3.8) is 0 Å². The number of aromatic nitrogens is 3. The Balaban J connectivity index is 1.54. The molecule has 0 radical (unpaired) electrons. The van der Waals surface area contributed by atoms with Gasteiger partial charge >= 0.3 is 0 Å². The van der Waals surface area contributed by atoms with Crippen molar-refractivity contribution in [2.24, 2.45) is 5.92 Å². The van der Waals surface area contributed by atoms with Gasteiger partial charge in [-0.1, -0.05) is 32.6 Å². The predicted molar refractivity (Wildman–Crippen MR) is 149 cm³/mol. The number of benzene rings is 1. The van der Waals surface area contributed by atoms with Gasteiger partial charge in [0, 0.05) is 43.8 Å². The third-order valence-corrected chi connectivity index (χ3v) is 7.53. The molecule has 1 aliphatic carbocycles. The number of ether oxygens (including phenoxy) is 1. The number of piperazine rings is 1. The first-order valence-electron chi connectivity index (χ1n) is 13.3. The Bertz CT molecular complexity index is 1410. The van der Waals surface area contributed by atoms with Crippen molar-refractivity contribution in [1.82, 2.24) is 19.9 Å². The number of amides is 1. The van der Waals surface area contributed by atoms with E-state index < -0.39 is 0 Å². The van der Waals surface area contributed by atoms with Crippen LogP contribution < -0.4 is 4.90 Å². The molecule has 2 aliphatic rings. The van der Waals surface area contributed by atoms with Gasteiger partial charge in [0.25, 0.3) is 0 Å². The molecule has 1 amide bonds. The largest absolute Gasteiger partial charge is 0.384 e. The van der Waals surface area contributed by atoms with E-state index in [0.29, 0.717) is 50.0 Å². The van der Waals surface area contributed by atoms with Crippen LogP contribution in [0.25, 0.3) is 28.2 Å². The average Bonchev–Trinajstić information content (AvgIpc) is 3.79. The van der Waals surface area contributed by atoms with Gasteiger partial charge in [0.1, 0.15) is 11.9 Å². The van der Waals surface area contributed by atoms with E-state index >= 15 is 0 Å². The summed E-state index contributed by atoms with van der Waals surface area (Å²) >= 11 is 0. The van der Waals surface area contributed by atoms with Gasteiger partial charge in [-0.25, -0.2) is 9.97 Å². The summed E-state index contributed by atoms with van der Waals surface area (Å²) in [6.45, 7) is 10.4. The van der Waals surface area contributed by atoms with E-state index in [0.717, 1.165) is 46.4 Å². The maximum Gasteiger partial charge on any atom is 0.225 e. The number of hydrogen-bond donors (Lipinski definition) is 0. The normalized spacial score (nSPS) is 17.6. The fourth-order valence-corrected chi connectivity index (χ4v) is 5.31. The molecular formula is C30H34N6O2. The molecule has 1 atom stereocenters. The molecule has 38 heavy (non-hydrogen) atoms. The third kappa shape index (κ3) is 4.99. The molecule has 0 bridgehead atoms. The molecule has 2 aromatic heterocycles. The van der Waals surface area contributed by atoms with E-state index in [1.54, 1.807) is 19.4 Å². The zero-order valence-electron chi connectivity index (χ0n) is 22.4. The molecule has 1 saturated carbocycles. The lowest BCUT2D eigenvalue weighted by Gasteiger charge is -2.44. The van der Waals surface area contributed by atoms with Crippen LogP contribution in [0.1, 0.15) is 56.0 Å². The van der Waals surface area contributed by atoms with E-state index in [1.165, 1.54) is 0 Å². The molecule has 1 aliphatic heterocycles. The summed E-state index contributed by atoms with van der Waals surface area (Å²) in [6.07, 6.45) is 5.96. The molecule has 5 rings (SSSR count). The number of anilines is 1. The molecule has 3 heterocycles. The van der Waals surface area contributed by atoms with Crippen LogP contribution >= 0.6 is 0 Å². The van der Waals surface area contributed by atoms with Crippen LogP contribution in [0, 0.1) is 17.2 Å². The Kier molecular flexibility index (Phi) is 7.39. The highest BCUT2D eigenvalue weighted by molar-refractivity contribution is 5.93. The molecule has 0 spiro atoms. The summed E-state index contributed by atoms with van der Waals surface area (Å²) in [6, 6.07) is 10.4. The lowest BCUT2D eigenvalue weighted by Crippen LogP contribution is -2.57. The van der Waals surface area contributed by atoms with E-state index in [9.17, 15) is 10.1 Å². The number of carbonyl (C=O) groups is 1. The molecule has 8 nitrogen and oxygen atoms in total. The lowest BCUT2D eigenvalue weighted by molar-refractivity contribution is -0.135. The van der Waals surface area contributed by atoms with Crippen LogP contribution in [0.5, 0.6) is 0 Å². The summed E-state index contributed by atoms with van der Waals surface area (Å²) < 4.78 is 5.13. The highest BCUT2D eigenvalue weighted by Gasteiger charge is 2.35. The number of pyridine rings is 1. The summed E-state index contributed by atoms with van der Waals surface area (Å²) in [5.41, 5.74) is 5.76. The Labute approximate surface area is 224 Å². The van der Waals surface area contributed by atoms with Gasteiger partial charge in [0.05, 0.1) is 53.3 Å². The van der Waals surface area contributed by atoms with Crippen molar-refractivity contribution in [1.29, 1.82) is 5.26 Å². The number of methoxy groups -OCH3 is 1. The molecule has 0 N–H and O–H groups in total. The zero-order chi connectivity index (χ0) is 26.8. The van der Waals surface area contributed by atoms with Crippen LogP contribution in [0.3, 0.4) is 0 Å². The van der Waals surface area contributed by atoms with E-state index in [1.807, 2.05) is 29.2 Å². The van der Waals surface area contributed by atoms with Crippen LogP contribution in [-0.4, -0.2) is 65.2 Å². The Hall–Kier alpha value is -3.83. The van der Waals surface area contributed by atoms with Gasteiger partial charge in [-0.2, -0.15) is 5.26 Å². The fraction of sp³-hybridized carbons (Fsp3) is 0.433. The minimum Gasteiger partial charge on any atom is -0.384 e. The third-order valence-electron chi connectivity index (χ3n) is 7.53. The molecule has 196 valence electrons. The smallest absolute Gasteiger partial charge is 0.225 e. The number of rotatable bonds is 8. The number of nitrogens with zero attached hydrogens (tertiary/aromatic N) is 6. The molecule has 2 fully saturated rings. The van der Waals surface area contributed by atoms with Gasteiger partial charge in [-0.15, -0.1) is 0 Å². The van der Waals surface area contributed by atoms with E-state index in [-0.39, 0.29) is 17.9 Å². The number of carbonyl (C=O) groups excluding carboxylic acids is 1. The average molecular weight is 511 g/mol. The monoisotopic (exact) mass is 510 g/mol. The van der Waals surface area contributed by atoms with Gasteiger partial charge in [0.2, 0.25) is 5.91 Å². The summed E-state index contributed by atoms with van der Waals surface area (Å²) in [7, 11) is 1.62. The predicted octanol–water partition coefficient (Wildman–Crippen LogP) is 4.79. The Morgan fingerprint density at radius 2 is 2.08 bits per heavy atom. The van der Waals surface area contributed by atoms with Crippen molar-refractivity contribution >= 4 is 28.8 Å². The summed E-state index contributed by atoms with van der Waals surface area (Å²) in [5, 5.41) is 10.2. The van der Waals surface area contributed by atoms with E-state index in [2.05, 4.69) is 36.4 Å². The molecular weight excluding hydrogens is 476 g/mol. The van der Waals surface area contributed by atoms with Crippen LogP contribution in [-0.2, 0) is 9.53 Å². The minimum absolute atomic E-state index is 0.0397. The lowest BCUT2D eigenvalue weighted by atomic mass is 9.96. The highest BCUT2D eigenvalue weighted by Crippen LogP contribution is 2.46. The Morgan fingerprint density at radius 1 is 1.26 bits per heavy atom. The molecule has 0 unspecified atom stereocenters. The molecule has 1 saturated heterocycles. The number of para-hydroxylation sites is 1. The standard InChI is InChI=1S/C30H34N6O2/c1-5-22-17-32-29-23(7-6-8-25(29)33-22)24-15-21(16-31)30(34-28(24)20-9-10-20)35-12-13-36(26(18-35)19(2)3)27(37)11-14-38-4/h5-8,15,17,19-20,26H,1,9-14,18H2,2-4H3/t26-/m0/s1. The van der Waals surface area contributed by atoms with Crippen molar-refractivity contribution in [2.45, 2.75) is 45.1 Å². The summed E-state index contributed by atoms with van der Waals surface area (Å²) in [4.78, 5) is 31.6.